The van der Waals surface area contributed by atoms with Gasteiger partial charge in [-0.3, -0.25) is 0 Å². The fraction of sp³-hybridized carbons (Fsp3) is 0.455. The highest BCUT2D eigenvalue weighted by molar-refractivity contribution is 9.10. The first-order valence-corrected chi connectivity index (χ1v) is 7.79. The standard InChI is InChI=1S/C11H15BrN2O2S/c1-2-7-5-10(7)14-17(15,16)11-6-8(12)3-4-9(11)13/h3-4,6-7,10,14H,2,5,13H2,1H3. The first-order chi connectivity index (χ1) is 7.94. The van der Waals surface area contributed by atoms with Crippen molar-refractivity contribution in [2.75, 3.05) is 5.73 Å². The lowest BCUT2D eigenvalue weighted by Crippen LogP contribution is -2.27. The highest BCUT2D eigenvalue weighted by Crippen LogP contribution is 2.35. The van der Waals surface area contributed by atoms with E-state index in [1.54, 1.807) is 12.1 Å². The van der Waals surface area contributed by atoms with Crippen molar-refractivity contribution in [2.24, 2.45) is 5.92 Å². The molecule has 0 bridgehead atoms. The van der Waals surface area contributed by atoms with Crippen molar-refractivity contribution in [3.05, 3.63) is 22.7 Å². The third-order valence-electron chi connectivity index (χ3n) is 3.02. The second-order valence-corrected chi connectivity index (χ2v) is 6.91. The minimum atomic E-state index is -3.50. The van der Waals surface area contributed by atoms with Crippen LogP contribution < -0.4 is 10.5 Å². The molecule has 0 spiro atoms. The molecule has 94 valence electrons. The molecule has 2 atom stereocenters. The van der Waals surface area contributed by atoms with Crippen molar-refractivity contribution in [1.29, 1.82) is 0 Å². The molecule has 1 aromatic carbocycles. The summed E-state index contributed by atoms with van der Waals surface area (Å²) in [7, 11) is -3.50. The summed E-state index contributed by atoms with van der Waals surface area (Å²) >= 11 is 3.25. The molecule has 1 aliphatic carbocycles. The molecule has 3 N–H and O–H groups in total. The number of sulfonamides is 1. The molecule has 4 nitrogen and oxygen atoms in total. The Labute approximate surface area is 110 Å². The van der Waals surface area contributed by atoms with Crippen molar-refractivity contribution in [3.8, 4) is 0 Å². The van der Waals surface area contributed by atoms with Crippen LogP contribution in [0.3, 0.4) is 0 Å². The lowest BCUT2D eigenvalue weighted by Gasteiger charge is -2.09. The van der Waals surface area contributed by atoms with Crippen molar-refractivity contribution >= 4 is 31.6 Å². The number of nitrogen functional groups attached to an aromatic ring is 1. The summed E-state index contributed by atoms with van der Waals surface area (Å²) < 4.78 is 27.6. The zero-order valence-electron chi connectivity index (χ0n) is 9.48. The fourth-order valence-corrected chi connectivity index (χ4v) is 3.83. The van der Waals surface area contributed by atoms with Crippen molar-refractivity contribution in [2.45, 2.75) is 30.7 Å². The second kappa shape index (κ2) is 4.59. The van der Waals surface area contributed by atoms with Gasteiger partial charge < -0.3 is 5.73 Å². The van der Waals surface area contributed by atoms with Crippen LogP contribution >= 0.6 is 15.9 Å². The van der Waals surface area contributed by atoms with Crippen LogP contribution in [0.5, 0.6) is 0 Å². The van der Waals surface area contributed by atoms with Crippen LogP contribution in [0.1, 0.15) is 19.8 Å². The number of anilines is 1. The van der Waals surface area contributed by atoms with Crippen LogP contribution in [0.4, 0.5) is 5.69 Å². The maximum atomic E-state index is 12.1. The number of hydrogen-bond acceptors (Lipinski definition) is 3. The molecule has 2 rings (SSSR count). The first kappa shape index (κ1) is 12.9. The van der Waals surface area contributed by atoms with E-state index in [-0.39, 0.29) is 16.6 Å². The van der Waals surface area contributed by atoms with E-state index in [0.29, 0.717) is 10.4 Å². The highest BCUT2D eigenvalue weighted by atomic mass is 79.9. The molecule has 1 fully saturated rings. The van der Waals surface area contributed by atoms with Crippen LogP contribution in [0, 0.1) is 5.92 Å². The third kappa shape index (κ3) is 2.81. The van der Waals surface area contributed by atoms with E-state index in [0.717, 1.165) is 12.8 Å². The monoisotopic (exact) mass is 318 g/mol. The van der Waals surface area contributed by atoms with Gasteiger partial charge in [0, 0.05) is 10.5 Å². The molecule has 2 unspecified atom stereocenters. The summed E-state index contributed by atoms with van der Waals surface area (Å²) in [5.74, 6) is 0.471. The van der Waals surface area contributed by atoms with Gasteiger partial charge in [0.1, 0.15) is 4.90 Å². The van der Waals surface area contributed by atoms with Gasteiger partial charge in [0.25, 0.3) is 0 Å². The molecule has 0 heterocycles. The summed E-state index contributed by atoms with van der Waals surface area (Å²) in [5, 5.41) is 0. The maximum Gasteiger partial charge on any atom is 0.242 e. The van der Waals surface area contributed by atoms with Crippen molar-refractivity contribution in [1.82, 2.24) is 4.72 Å². The lowest BCUT2D eigenvalue weighted by molar-refractivity contribution is 0.576. The fourth-order valence-electron chi connectivity index (χ4n) is 1.85. The average molecular weight is 319 g/mol. The first-order valence-electron chi connectivity index (χ1n) is 5.51. The third-order valence-corrected chi connectivity index (χ3v) is 5.06. The molecule has 1 aromatic rings. The Kier molecular flexibility index (Phi) is 3.47. The number of rotatable bonds is 4. The Morgan fingerprint density at radius 2 is 2.24 bits per heavy atom. The van der Waals surface area contributed by atoms with E-state index < -0.39 is 10.0 Å². The van der Waals surface area contributed by atoms with E-state index in [9.17, 15) is 8.42 Å². The number of hydrogen-bond donors (Lipinski definition) is 2. The summed E-state index contributed by atoms with van der Waals surface area (Å²) in [6.07, 6.45) is 1.92. The van der Waals surface area contributed by atoms with Gasteiger partial charge >= 0.3 is 0 Å². The molecule has 6 heteroatoms. The predicted octanol–water partition coefficient (Wildman–Crippen LogP) is 2.11. The predicted molar refractivity (Wildman–Crippen MR) is 71.1 cm³/mol. The van der Waals surface area contributed by atoms with Gasteiger partial charge in [-0.15, -0.1) is 0 Å². The van der Waals surface area contributed by atoms with Crippen molar-refractivity contribution in [3.63, 3.8) is 0 Å². The topological polar surface area (TPSA) is 72.2 Å². The highest BCUT2D eigenvalue weighted by Gasteiger charge is 2.39. The molecule has 0 radical (unpaired) electrons. The largest absolute Gasteiger partial charge is 0.398 e. The molecule has 0 saturated heterocycles. The lowest BCUT2D eigenvalue weighted by atomic mass is 10.3. The normalized spacial score (nSPS) is 23.6. The Morgan fingerprint density at radius 3 is 2.82 bits per heavy atom. The van der Waals surface area contributed by atoms with Crippen LogP contribution in [-0.2, 0) is 10.0 Å². The smallest absolute Gasteiger partial charge is 0.242 e. The number of benzene rings is 1. The molecule has 17 heavy (non-hydrogen) atoms. The zero-order chi connectivity index (χ0) is 12.6. The second-order valence-electron chi connectivity index (χ2n) is 4.31. The summed E-state index contributed by atoms with van der Waals surface area (Å²) in [6, 6.07) is 4.91. The molecule has 1 aliphatic rings. The summed E-state index contributed by atoms with van der Waals surface area (Å²) in [5.41, 5.74) is 5.97. The molecule has 0 aromatic heterocycles. The van der Waals surface area contributed by atoms with Crippen LogP contribution in [-0.4, -0.2) is 14.5 Å². The van der Waals surface area contributed by atoms with Gasteiger partial charge in [0.05, 0.1) is 5.69 Å². The van der Waals surface area contributed by atoms with Gasteiger partial charge in [-0.1, -0.05) is 29.3 Å². The Bertz CT molecular complexity index is 530. The molecule has 0 amide bonds. The minimum absolute atomic E-state index is 0.0726. The Hall–Kier alpha value is -0.590. The summed E-state index contributed by atoms with van der Waals surface area (Å²) in [4.78, 5) is 0.147. The van der Waals surface area contributed by atoms with Gasteiger partial charge in [0.15, 0.2) is 0 Å². The minimum Gasteiger partial charge on any atom is -0.398 e. The maximum absolute atomic E-state index is 12.1. The number of nitrogens with one attached hydrogen (secondary N) is 1. The van der Waals surface area contributed by atoms with E-state index in [1.807, 2.05) is 0 Å². The number of nitrogens with two attached hydrogens (primary N) is 1. The number of halogens is 1. The van der Waals surface area contributed by atoms with Crippen molar-refractivity contribution < 1.29 is 8.42 Å². The Morgan fingerprint density at radius 1 is 1.53 bits per heavy atom. The molecular formula is C11H15BrN2O2S. The van der Waals surface area contributed by atoms with Gasteiger partial charge in [0.2, 0.25) is 10.0 Å². The molecule has 1 saturated carbocycles. The van der Waals surface area contributed by atoms with Gasteiger partial charge in [-0.05, 0) is 30.5 Å². The average Bonchev–Trinajstić information content (AvgIpc) is 2.99. The van der Waals surface area contributed by atoms with E-state index in [4.69, 9.17) is 5.73 Å². The van der Waals surface area contributed by atoms with Crippen LogP contribution in [0.2, 0.25) is 0 Å². The van der Waals surface area contributed by atoms with E-state index in [1.165, 1.54) is 6.07 Å². The Balaban J connectivity index is 2.23. The zero-order valence-corrected chi connectivity index (χ0v) is 11.9. The van der Waals surface area contributed by atoms with Gasteiger partial charge in [-0.2, -0.15) is 0 Å². The van der Waals surface area contributed by atoms with Crippen LogP contribution in [0.15, 0.2) is 27.6 Å². The van der Waals surface area contributed by atoms with E-state index in [2.05, 4.69) is 27.6 Å². The SMILES string of the molecule is CCC1CC1NS(=O)(=O)c1cc(Br)ccc1N. The van der Waals surface area contributed by atoms with Gasteiger partial charge in [-0.25, -0.2) is 13.1 Å². The molecule has 0 aliphatic heterocycles. The van der Waals surface area contributed by atoms with Crippen LogP contribution in [0.25, 0.3) is 0 Å². The van der Waals surface area contributed by atoms with E-state index >= 15 is 0 Å². The summed E-state index contributed by atoms with van der Waals surface area (Å²) in [6.45, 7) is 2.06. The molecular weight excluding hydrogens is 304 g/mol. The quantitative estimate of drug-likeness (QED) is 0.835.